The smallest absolute Gasteiger partial charge is 0.130 e. The second kappa shape index (κ2) is 16.4. The molecule has 0 radical (unpaired) electrons. The maximum Gasteiger partial charge on any atom is 0.130 e. The highest BCUT2D eigenvalue weighted by Crippen LogP contribution is 2.50. The van der Waals surface area contributed by atoms with Crippen LogP contribution in [0.1, 0.15) is 80.5 Å². The van der Waals surface area contributed by atoms with Crippen LogP contribution in [0.2, 0.25) is 0 Å². The summed E-state index contributed by atoms with van der Waals surface area (Å²) in [6.07, 6.45) is 59.8. The van der Waals surface area contributed by atoms with Crippen LogP contribution in [0.15, 0.2) is 220 Å². The van der Waals surface area contributed by atoms with Gasteiger partial charge >= 0.3 is 0 Å². The zero-order chi connectivity index (χ0) is 38.7. The molecular formula is C55H51N3. The first-order chi connectivity index (χ1) is 28.7. The molecule has 58 heavy (non-hydrogen) atoms. The molecular weight excluding hydrogens is 703 g/mol. The van der Waals surface area contributed by atoms with Gasteiger partial charge in [-0.1, -0.05) is 146 Å². The molecule has 0 fully saturated rings. The van der Waals surface area contributed by atoms with E-state index in [-0.39, 0.29) is 12.0 Å². The second-order valence-corrected chi connectivity index (χ2v) is 16.5. The average molecular weight is 754 g/mol. The first kappa shape index (κ1) is 36.3. The molecule has 0 bridgehead atoms. The Morgan fingerprint density at radius 1 is 0.690 bits per heavy atom. The van der Waals surface area contributed by atoms with Crippen molar-refractivity contribution < 1.29 is 0 Å². The van der Waals surface area contributed by atoms with Crippen LogP contribution >= 0.6 is 0 Å². The monoisotopic (exact) mass is 753 g/mol. The summed E-state index contributed by atoms with van der Waals surface area (Å²) in [5.41, 5.74) is 18.0. The first-order valence-corrected chi connectivity index (χ1v) is 21.5. The van der Waals surface area contributed by atoms with Gasteiger partial charge in [0.1, 0.15) is 5.84 Å². The molecule has 0 saturated heterocycles. The van der Waals surface area contributed by atoms with Crippen molar-refractivity contribution >= 4 is 17.5 Å². The minimum atomic E-state index is 0.0333. The molecule has 3 nitrogen and oxygen atoms in total. The minimum Gasteiger partial charge on any atom is -0.359 e. The van der Waals surface area contributed by atoms with Gasteiger partial charge in [0.15, 0.2) is 0 Å². The van der Waals surface area contributed by atoms with Gasteiger partial charge in [0.25, 0.3) is 0 Å². The number of benzene rings is 1. The summed E-state index contributed by atoms with van der Waals surface area (Å²) < 4.78 is 0. The van der Waals surface area contributed by atoms with E-state index in [0.29, 0.717) is 11.8 Å². The Labute approximate surface area is 344 Å². The largest absolute Gasteiger partial charge is 0.359 e. The third kappa shape index (κ3) is 7.54. The fraction of sp³-hybridized carbons (Fsp3) is 0.236. The lowest BCUT2D eigenvalue weighted by molar-refractivity contribution is 0.577. The van der Waals surface area contributed by atoms with E-state index in [9.17, 15) is 0 Å². The third-order valence-electron chi connectivity index (χ3n) is 13.0. The summed E-state index contributed by atoms with van der Waals surface area (Å²) in [4.78, 5) is 9.73. The van der Waals surface area contributed by atoms with E-state index in [0.717, 1.165) is 68.5 Å². The molecule has 2 heterocycles. The van der Waals surface area contributed by atoms with Gasteiger partial charge in [-0.3, -0.25) is 4.98 Å². The molecule has 4 unspecified atom stereocenters. The molecule has 3 heteroatoms. The number of allylic oxidation sites excluding steroid dienone is 26. The lowest BCUT2D eigenvalue weighted by atomic mass is 9.65. The second-order valence-electron chi connectivity index (χ2n) is 16.5. The summed E-state index contributed by atoms with van der Waals surface area (Å²) >= 11 is 0. The fourth-order valence-electron chi connectivity index (χ4n) is 9.85. The fourth-order valence-corrected chi connectivity index (χ4v) is 9.85. The lowest BCUT2D eigenvalue weighted by Crippen LogP contribution is -2.33. The van der Waals surface area contributed by atoms with Crippen molar-refractivity contribution in [2.45, 2.75) is 63.8 Å². The molecule has 8 aliphatic rings. The molecule has 7 aliphatic carbocycles. The molecule has 1 aromatic carbocycles. The predicted octanol–water partition coefficient (Wildman–Crippen LogP) is 13.2. The van der Waals surface area contributed by atoms with Crippen LogP contribution in [-0.4, -0.2) is 10.8 Å². The van der Waals surface area contributed by atoms with E-state index in [1.165, 1.54) is 45.4 Å². The van der Waals surface area contributed by atoms with Crippen LogP contribution < -0.4 is 5.32 Å². The van der Waals surface area contributed by atoms with Crippen molar-refractivity contribution in [1.29, 1.82) is 0 Å². The number of nitrogens with one attached hydrogen (secondary N) is 1. The van der Waals surface area contributed by atoms with Crippen molar-refractivity contribution in [3.05, 3.63) is 231 Å². The van der Waals surface area contributed by atoms with Crippen molar-refractivity contribution in [1.82, 2.24) is 10.3 Å². The van der Waals surface area contributed by atoms with Gasteiger partial charge in [0, 0.05) is 35.8 Å². The topological polar surface area (TPSA) is 37.3 Å². The van der Waals surface area contributed by atoms with Crippen molar-refractivity contribution in [2.75, 3.05) is 0 Å². The highest BCUT2D eigenvalue weighted by atomic mass is 15.1. The van der Waals surface area contributed by atoms with Gasteiger partial charge in [0.2, 0.25) is 0 Å². The van der Waals surface area contributed by atoms with Crippen LogP contribution in [-0.2, 0) is 0 Å². The Balaban J connectivity index is 0.909. The average Bonchev–Trinajstić information content (AvgIpc) is 3.31. The molecule has 0 amide bonds. The Morgan fingerprint density at radius 2 is 1.50 bits per heavy atom. The lowest BCUT2D eigenvalue weighted by Gasteiger charge is -2.39. The Bertz CT molecular complexity index is 2490. The summed E-state index contributed by atoms with van der Waals surface area (Å²) in [6, 6.07) is 13.2. The molecule has 10 rings (SSSR count). The molecule has 0 spiro atoms. The zero-order valence-electron chi connectivity index (χ0n) is 33.2. The molecule has 2 aromatic rings. The third-order valence-corrected chi connectivity index (χ3v) is 13.0. The van der Waals surface area contributed by atoms with Crippen LogP contribution in [0.3, 0.4) is 0 Å². The molecule has 0 saturated carbocycles. The van der Waals surface area contributed by atoms with Gasteiger partial charge in [-0.05, 0) is 137 Å². The molecule has 1 aromatic heterocycles. The van der Waals surface area contributed by atoms with Gasteiger partial charge in [0.05, 0.1) is 6.04 Å². The normalized spacial score (nSPS) is 26.2. The van der Waals surface area contributed by atoms with E-state index >= 15 is 0 Å². The van der Waals surface area contributed by atoms with Crippen LogP contribution in [0, 0.1) is 17.8 Å². The number of fused-ring (bicyclic) bond motifs is 4. The maximum atomic E-state index is 5.39. The molecule has 286 valence electrons. The number of amidine groups is 1. The van der Waals surface area contributed by atoms with Crippen molar-refractivity contribution in [3.63, 3.8) is 0 Å². The highest BCUT2D eigenvalue weighted by molar-refractivity contribution is 6.00. The number of aromatic nitrogens is 1. The van der Waals surface area contributed by atoms with E-state index in [2.05, 4.69) is 162 Å². The van der Waals surface area contributed by atoms with E-state index in [4.69, 9.17) is 4.99 Å². The minimum absolute atomic E-state index is 0.0333. The van der Waals surface area contributed by atoms with Crippen molar-refractivity contribution in [3.8, 4) is 0 Å². The van der Waals surface area contributed by atoms with E-state index < -0.39 is 0 Å². The number of rotatable bonds is 8. The van der Waals surface area contributed by atoms with Crippen molar-refractivity contribution in [2.24, 2.45) is 22.7 Å². The first-order valence-electron chi connectivity index (χ1n) is 21.5. The number of hydrogen-bond donors (Lipinski definition) is 1. The predicted molar refractivity (Wildman–Crippen MR) is 242 cm³/mol. The quantitative estimate of drug-likeness (QED) is 0.273. The van der Waals surface area contributed by atoms with Crippen LogP contribution in [0.5, 0.6) is 0 Å². The van der Waals surface area contributed by atoms with Gasteiger partial charge < -0.3 is 5.32 Å². The Kier molecular flexibility index (Phi) is 10.3. The molecule has 1 aliphatic heterocycles. The summed E-state index contributed by atoms with van der Waals surface area (Å²) in [5.74, 6) is 2.14. The number of aliphatic imine (C=N–C) groups is 1. The van der Waals surface area contributed by atoms with E-state index in [1.54, 1.807) is 22.3 Å². The Morgan fingerprint density at radius 3 is 2.29 bits per heavy atom. The standard InChI is InChI=1S/C55H51N3/c1-2-11-38(12-3-1)13-4-5-14-39-20-22-42(23-21-39)53-36-54(43-28-24-41(25-29-43)46-15-10-34-56-37-46)58-55(57-53)44-30-26-40(27-31-44)45-32-33-51-49-18-7-6-16-47(49)48-17-8-9-19-50(48)52(51)35-45/h2,4-6,8-17,19-26,28,30,34-37,43,48,50,53H,1,3,7,18,27,29,31-33H2,(H,57,58)/b13-4-,14-5+. The maximum absolute atomic E-state index is 5.39. The summed E-state index contributed by atoms with van der Waals surface area (Å²) in [7, 11) is 0. The highest BCUT2D eigenvalue weighted by Gasteiger charge is 2.36. The SMILES string of the molecule is C1=CC2C3=C(CCC=C3)C3=C(C=C(C4=CC=C(C5=NC(C6C=CC(c7cccnc7)=CC6)=CC(c6ccc(/C=C/C=C\C7=CCCC=C7)cc6)N5)CC4)CC3)C2C=C1. The van der Waals surface area contributed by atoms with Gasteiger partial charge in [-0.2, -0.15) is 0 Å². The zero-order valence-corrected chi connectivity index (χ0v) is 33.2. The van der Waals surface area contributed by atoms with Crippen LogP contribution in [0.25, 0.3) is 11.6 Å². The number of nitrogens with zero attached hydrogens (tertiary/aromatic N) is 2. The molecule has 1 N–H and O–H groups in total. The summed E-state index contributed by atoms with van der Waals surface area (Å²) in [6.45, 7) is 0. The van der Waals surface area contributed by atoms with Crippen LogP contribution in [0.4, 0.5) is 0 Å². The number of pyridine rings is 1. The van der Waals surface area contributed by atoms with Gasteiger partial charge in [-0.25, -0.2) is 4.99 Å². The Hall–Kier alpha value is -6.06. The summed E-state index contributed by atoms with van der Waals surface area (Å²) in [5, 5.41) is 3.88. The van der Waals surface area contributed by atoms with E-state index in [1.807, 2.05) is 18.5 Å². The van der Waals surface area contributed by atoms with Gasteiger partial charge in [-0.15, -0.1) is 0 Å². The molecule has 4 atom stereocenters. The number of hydrogen-bond acceptors (Lipinski definition) is 3.